The topological polar surface area (TPSA) is 61.8 Å². The van der Waals surface area contributed by atoms with Gasteiger partial charge in [-0.3, -0.25) is 9.36 Å². The average Bonchev–Trinajstić information content (AvgIpc) is 2.54. The van der Waals surface area contributed by atoms with Crippen LogP contribution in [0, 0.1) is 0 Å². The normalized spacial score (nSPS) is 14.2. The van der Waals surface area contributed by atoms with Gasteiger partial charge in [0.25, 0.3) is 0 Å². The largest absolute Gasteiger partial charge is 0.469 e. The van der Waals surface area contributed by atoms with Crippen LogP contribution in [0.2, 0.25) is 0 Å². The highest BCUT2D eigenvalue weighted by Crippen LogP contribution is 2.59. The second-order valence-corrected chi connectivity index (χ2v) is 7.36. The summed E-state index contributed by atoms with van der Waals surface area (Å²) in [6.45, 7) is 5.67. The molecule has 1 rings (SSSR count). The third kappa shape index (κ3) is 4.29. The summed E-state index contributed by atoms with van der Waals surface area (Å²) >= 11 is 0. The molecule has 22 heavy (non-hydrogen) atoms. The zero-order valence-corrected chi connectivity index (χ0v) is 14.3. The van der Waals surface area contributed by atoms with Gasteiger partial charge < -0.3 is 13.8 Å². The van der Waals surface area contributed by atoms with Gasteiger partial charge in [-0.05, 0) is 12.5 Å². The van der Waals surface area contributed by atoms with E-state index < -0.39 is 19.2 Å². The summed E-state index contributed by atoms with van der Waals surface area (Å²) in [5.74, 6) is -0.796. The van der Waals surface area contributed by atoms with Crippen molar-refractivity contribution in [1.82, 2.24) is 0 Å². The van der Waals surface area contributed by atoms with Gasteiger partial charge in [0.05, 0.1) is 19.2 Å². The minimum atomic E-state index is -3.44. The number of benzene rings is 1. The minimum Gasteiger partial charge on any atom is -0.469 e. The first-order valence-electron chi connectivity index (χ1n) is 6.88. The predicted octanol–water partition coefficient (Wildman–Crippen LogP) is 3.76. The molecule has 1 aromatic rings. The Morgan fingerprint density at radius 3 is 2.14 bits per heavy atom. The van der Waals surface area contributed by atoms with Gasteiger partial charge in [0.15, 0.2) is 0 Å². The van der Waals surface area contributed by atoms with E-state index in [0.717, 1.165) is 5.56 Å². The third-order valence-electron chi connectivity index (χ3n) is 3.58. The van der Waals surface area contributed by atoms with Crippen LogP contribution in [-0.4, -0.2) is 33.0 Å². The Morgan fingerprint density at radius 2 is 1.73 bits per heavy atom. The van der Waals surface area contributed by atoms with Crippen molar-refractivity contribution in [2.24, 2.45) is 0 Å². The van der Waals surface area contributed by atoms with Crippen molar-refractivity contribution >= 4 is 13.6 Å². The van der Waals surface area contributed by atoms with Gasteiger partial charge >= 0.3 is 13.6 Å². The molecule has 1 aromatic carbocycles. The van der Waals surface area contributed by atoms with E-state index in [4.69, 9.17) is 13.8 Å². The molecule has 0 saturated carbocycles. The molecule has 0 aromatic heterocycles. The lowest BCUT2D eigenvalue weighted by Crippen LogP contribution is -2.25. The molecule has 0 aliphatic rings. The number of allylic oxidation sites excluding steroid dienone is 1. The van der Waals surface area contributed by atoms with E-state index in [1.54, 1.807) is 6.92 Å². The summed E-state index contributed by atoms with van der Waals surface area (Å²) in [7, 11) is 0.550. The van der Waals surface area contributed by atoms with Crippen molar-refractivity contribution in [3.05, 3.63) is 48.0 Å². The molecule has 0 unspecified atom stereocenters. The summed E-state index contributed by atoms with van der Waals surface area (Å²) in [5.41, 5.74) is 0.851. The lowest BCUT2D eigenvalue weighted by Gasteiger charge is -2.31. The number of hydrogen-bond acceptors (Lipinski definition) is 5. The standard InChI is InChI=1S/C16H23O5P/c1-12(2)16(22(18,20-4)21-5)14(11-15(17)19-3)13-9-7-6-8-10-13/h6-10,14,16H,1,11H2,2-5H3/t14-,16+/m1/s1. The molecule has 2 atom stereocenters. The van der Waals surface area contributed by atoms with Crippen molar-refractivity contribution in [3.63, 3.8) is 0 Å². The summed E-state index contributed by atoms with van der Waals surface area (Å²) in [6.07, 6.45) is 0.0642. The summed E-state index contributed by atoms with van der Waals surface area (Å²) in [6, 6.07) is 9.35. The number of rotatable bonds is 8. The van der Waals surface area contributed by atoms with Gasteiger partial charge in [0, 0.05) is 20.1 Å². The minimum absolute atomic E-state index is 0.0642. The first-order chi connectivity index (χ1) is 10.4. The Hall–Kier alpha value is -1.42. The third-order valence-corrected chi connectivity index (χ3v) is 6.08. The SMILES string of the molecule is C=C(C)[C@@H]([C@H](CC(=O)OC)c1ccccc1)P(=O)(OC)OC. The highest BCUT2D eigenvalue weighted by Gasteiger charge is 2.42. The van der Waals surface area contributed by atoms with E-state index in [9.17, 15) is 9.36 Å². The van der Waals surface area contributed by atoms with E-state index in [0.29, 0.717) is 5.57 Å². The lowest BCUT2D eigenvalue weighted by molar-refractivity contribution is -0.141. The second kappa shape index (κ2) is 8.28. The second-order valence-electron chi connectivity index (χ2n) is 4.99. The van der Waals surface area contributed by atoms with E-state index in [2.05, 4.69) is 6.58 Å². The maximum atomic E-state index is 12.9. The van der Waals surface area contributed by atoms with Crippen molar-refractivity contribution in [1.29, 1.82) is 0 Å². The fraction of sp³-hybridized carbons (Fsp3) is 0.438. The van der Waals surface area contributed by atoms with Crippen LogP contribution in [0.1, 0.15) is 24.8 Å². The number of esters is 1. The Kier molecular flexibility index (Phi) is 7.01. The van der Waals surface area contributed by atoms with Gasteiger partial charge in [-0.2, -0.15) is 0 Å². The Morgan fingerprint density at radius 1 is 1.18 bits per heavy atom. The first kappa shape index (κ1) is 18.6. The molecular formula is C16H23O5P. The number of carbonyl (C=O) groups excluding carboxylic acids is 1. The van der Waals surface area contributed by atoms with Gasteiger partial charge in [0.1, 0.15) is 0 Å². The Balaban J connectivity index is 3.35. The molecule has 122 valence electrons. The molecule has 0 saturated heterocycles. The van der Waals surface area contributed by atoms with Crippen LogP contribution in [0.4, 0.5) is 0 Å². The Labute approximate surface area is 131 Å². The van der Waals surface area contributed by atoms with Crippen LogP contribution in [-0.2, 0) is 23.1 Å². The Bertz CT molecular complexity index is 547. The number of methoxy groups -OCH3 is 1. The molecule has 5 nitrogen and oxygen atoms in total. The van der Waals surface area contributed by atoms with Crippen LogP contribution in [0.3, 0.4) is 0 Å². The van der Waals surface area contributed by atoms with Crippen molar-refractivity contribution < 1.29 is 23.1 Å². The molecule has 0 amide bonds. The fourth-order valence-electron chi connectivity index (χ4n) is 2.51. The van der Waals surface area contributed by atoms with Gasteiger partial charge in [-0.1, -0.05) is 42.5 Å². The maximum Gasteiger partial charge on any atom is 0.337 e. The fourth-order valence-corrected chi connectivity index (χ4v) is 4.37. The van der Waals surface area contributed by atoms with Gasteiger partial charge in [0.2, 0.25) is 0 Å². The number of carbonyl (C=O) groups is 1. The molecule has 0 heterocycles. The number of hydrogen-bond donors (Lipinski definition) is 0. The summed E-state index contributed by atoms with van der Waals surface area (Å²) in [5, 5.41) is 0. The van der Waals surface area contributed by atoms with Crippen molar-refractivity contribution in [2.45, 2.75) is 24.9 Å². The molecule has 0 aliphatic carbocycles. The highest BCUT2D eigenvalue weighted by molar-refractivity contribution is 7.55. The molecule has 0 N–H and O–H groups in total. The summed E-state index contributed by atoms with van der Waals surface area (Å²) < 4.78 is 28.0. The summed E-state index contributed by atoms with van der Waals surface area (Å²) in [4.78, 5) is 11.8. The van der Waals surface area contributed by atoms with E-state index >= 15 is 0 Å². The van der Waals surface area contributed by atoms with Crippen LogP contribution in [0.25, 0.3) is 0 Å². The highest BCUT2D eigenvalue weighted by atomic mass is 31.2. The van der Waals surface area contributed by atoms with Crippen molar-refractivity contribution in [2.75, 3.05) is 21.3 Å². The van der Waals surface area contributed by atoms with Gasteiger partial charge in [-0.25, -0.2) is 0 Å². The van der Waals surface area contributed by atoms with E-state index in [1.807, 2.05) is 30.3 Å². The quantitative estimate of drug-likeness (QED) is 0.413. The molecular weight excluding hydrogens is 303 g/mol. The molecule has 0 aliphatic heterocycles. The molecule has 0 bridgehead atoms. The van der Waals surface area contributed by atoms with Crippen LogP contribution in [0.15, 0.2) is 42.5 Å². The predicted molar refractivity (Wildman–Crippen MR) is 86.0 cm³/mol. The first-order valence-corrected chi connectivity index (χ1v) is 8.49. The molecule has 0 spiro atoms. The zero-order valence-electron chi connectivity index (χ0n) is 13.4. The van der Waals surface area contributed by atoms with Crippen LogP contribution < -0.4 is 0 Å². The smallest absolute Gasteiger partial charge is 0.337 e. The van der Waals surface area contributed by atoms with Crippen LogP contribution >= 0.6 is 7.60 Å². The van der Waals surface area contributed by atoms with Crippen molar-refractivity contribution in [3.8, 4) is 0 Å². The monoisotopic (exact) mass is 326 g/mol. The van der Waals surface area contributed by atoms with Gasteiger partial charge in [-0.15, -0.1) is 0 Å². The number of ether oxygens (including phenoxy) is 1. The van der Waals surface area contributed by atoms with E-state index in [1.165, 1.54) is 21.3 Å². The van der Waals surface area contributed by atoms with Crippen LogP contribution in [0.5, 0.6) is 0 Å². The molecule has 0 fully saturated rings. The molecule has 0 radical (unpaired) electrons. The zero-order chi connectivity index (χ0) is 16.8. The maximum absolute atomic E-state index is 12.9. The molecule has 6 heteroatoms. The average molecular weight is 326 g/mol. The lowest BCUT2D eigenvalue weighted by atomic mass is 9.89. The van der Waals surface area contributed by atoms with E-state index in [-0.39, 0.29) is 12.4 Å².